The van der Waals surface area contributed by atoms with Crippen LogP contribution in [0.4, 0.5) is 0 Å². The van der Waals surface area contributed by atoms with Gasteiger partial charge >= 0.3 is 22.9 Å². The van der Waals surface area contributed by atoms with Crippen LogP contribution < -0.4 is 7.35 Å². The minimum atomic E-state index is 0.849. The third-order valence-corrected chi connectivity index (χ3v) is 8.06. The highest BCUT2D eigenvalue weighted by molar-refractivity contribution is 14.1. The summed E-state index contributed by atoms with van der Waals surface area (Å²) in [6.45, 7) is 0. The summed E-state index contributed by atoms with van der Waals surface area (Å²) in [5.41, 5.74) is 9.17. The zero-order valence-corrected chi connectivity index (χ0v) is 20.7. The van der Waals surface area contributed by atoms with Crippen LogP contribution in [0.25, 0.3) is 66.6 Å². The quantitative estimate of drug-likeness (QED) is 0.133. The molecule has 0 saturated heterocycles. The largest absolute Gasteiger partial charge is 0.456 e. The molecule has 4 nitrogen and oxygen atoms in total. The van der Waals surface area contributed by atoms with Crippen molar-refractivity contribution < 1.29 is 11.8 Å². The van der Waals surface area contributed by atoms with E-state index in [4.69, 9.17) is 4.42 Å². The number of fused-ring (bicyclic) bond motifs is 1. The third-order valence-electron chi connectivity index (χ3n) is 7.22. The smallest absolute Gasteiger partial charge is 0.354 e. The molecule has 164 valence electrons. The molecule has 3 aromatic carbocycles. The van der Waals surface area contributed by atoms with E-state index in [2.05, 4.69) is 114 Å². The van der Waals surface area contributed by atoms with Crippen LogP contribution in [0.5, 0.6) is 0 Å². The van der Waals surface area contributed by atoms with Crippen molar-refractivity contribution in [1.82, 2.24) is 4.98 Å². The fourth-order valence-corrected chi connectivity index (χ4v) is 6.38. The molecule has 5 heterocycles. The standard InChI is InChI=1S/C30H18IN3O/c31-34-14-2-1-7-24(34)23-17-32-12-11-18(23)15-20-16-19-9-10-26-29-27(19)30-22(6-4-13-33(20)30)21-5-3-8-25(35-26)28(21)29/h1-15,17H,16H2/q+2/b20-15-. The summed E-state index contributed by atoms with van der Waals surface area (Å²) in [6, 6.07) is 23.5. The van der Waals surface area contributed by atoms with Crippen molar-refractivity contribution in [2.75, 3.05) is 0 Å². The Morgan fingerprint density at radius 2 is 1.74 bits per heavy atom. The maximum Gasteiger partial charge on any atom is 0.354 e. The van der Waals surface area contributed by atoms with Gasteiger partial charge in [0.2, 0.25) is 11.2 Å². The first-order valence-electron chi connectivity index (χ1n) is 11.6. The summed E-state index contributed by atoms with van der Waals surface area (Å²) in [6.07, 6.45) is 11.3. The van der Waals surface area contributed by atoms with Gasteiger partial charge in [-0.05, 0) is 41.5 Å². The van der Waals surface area contributed by atoms with Gasteiger partial charge in [-0.2, -0.15) is 4.57 Å². The average molecular weight is 563 g/mol. The van der Waals surface area contributed by atoms with Crippen LogP contribution in [-0.2, 0) is 6.42 Å². The summed E-state index contributed by atoms with van der Waals surface area (Å²) in [5, 5.41) is 6.31. The Morgan fingerprint density at radius 3 is 2.69 bits per heavy atom. The predicted octanol–water partition coefficient (Wildman–Crippen LogP) is 6.72. The van der Waals surface area contributed by atoms with Crippen LogP contribution in [-0.4, -0.2) is 4.98 Å². The maximum atomic E-state index is 6.27. The molecule has 0 fully saturated rings. The van der Waals surface area contributed by atoms with Gasteiger partial charge in [-0.1, -0.05) is 18.2 Å². The van der Waals surface area contributed by atoms with Crippen LogP contribution in [0.15, 0.2) is 95.9 Å². The van der Waals surface area contributed by atoms with Crippen LogP contribution >= 0.6 is 22.9 Å². The van der Waals surface area contributed by atoms with E-state index in [1.807, 2.05) is 18.5 Å². The lowest BCUT2D eigenvalue weighted by Gasteiger charge is -2.16. The Kier molecular flexibility index (Phi) is 3.94. The van der Waals surface area contributed by atoms with Crippen LogP contribution in [0.1, 0.15) is 11.1 Å². The second kappa shape index (κ2) is 7.09. The van der Waals surface area contributed by atoms with Crippen molar-refractivity contribution in [3.05, 3.63) is 103 Å². The third kappa shape index (κ3) is 2.64. The van der Waals surface area contributed by atoms with Gasteiger partial charge in [-0.3, -0.25) is 4.98 Å². The van der Waals surface area contributed by atoms with Crippen molar-refractivity contribution in [1.29, 1.82) is 0 Å². The monoisotopic (exact) mass is 563 g/mol. The van der Waals surface area contributed by atoms with Crippen molar-refractivity contribution in [3.63, 3.8) is 0 Å². The molecule has 7 aromatic rings. The molecule has 4 aromatic heterocycles. The second-order valence-corrected chi connectivity index (χ2v) is 10.1. The Morgan fingerprint density at radius 1 is 0.829 bits per heavy atom. The van der Waals surface area contributed by atoms with Crippen molar-refractivity contribution in [3.8, 4) is 11.3 Å². The minimum absolute atomic E-state index is 0.849. The Hall–Kier alpha value is -3.84. The number of hydrogen-bond donors (Lipinski definition) is 0. The molecule has 0 spiro atoms. The van der Waals surface area contributed by atoms with E-state index < -0.39 is 0 Å². The lowest BCUT2D eigenvalue weighted by Crippen LogP contribution is -2.36. The van der Waals surface area contributed by atoms with E-state index in [1.165, 1.54) is 43.7 Å². The number of allylic oxidation sites excluding steroid dienone is 1. The molecule has 0 amide bonds. The predicted molar refractivity (Wildman–Crippen MR) is 147 cm³/mol. The summed E-state index contributed by atoms with van der Waals surface area (Å²) in [5.74, 6) is 0. The number of benzene rings is 3. The highest BCUT2D eigenvalue weighted by atomic mass is 127. The van der Waals surface area contributed by atoms with E-state index in [-0.39, 0.29) is 0 Å². The zero-order chi connectivity index (χ0) is 23.1. The highest BCUT2D eigenvalue weighted by Gasteiger charge is 2.31. The molecule has 5 heteroatoms. The van der Waals surface area contributed by atoms with Crippen LogP contribution in [0.2, 0.25) is 0 Å². The summed E-state index contributed by atoms with van der Waals surface area (Å²) in [4.78, 5) is 4.44. The fourth-order valence-electron chi connectivity index (χ4n) is 5.77. The fraction of sp³-hybridized carbons (Fsp3) is 0.0333. The number of furan rings is 1. The highest BCUT2D eigenvalue weighted by Crippen LogP contribution is 2.44. The molecule has 0 bridgehead atoms. The lowest BCUT2D eigenvalue weighted by molar-refractivity contribution is -0.553. The first-order chi connectivity index (χ1) is 17.3. The first kappa shape index (κ1) is 19.5. The molecule has 0 atom stereocenters. The molecule has 1 aliphatic heterocycles. The zero-order valence-electron chi connectivity index (χ0n) is 18.6. The maximum absolute atomic E-state index is 6.27. The number of aromatic nitrogens is 3. The van der Waals surface area contributed by atoms with Gasteiger partial charge < -0.3 is 4.42 Å². The Labute approximate surface area is 214 Å². The molecule has 0 unspecified atom stereocenters. The normalized spacial score (nSPS) is 14.4. The SMILES string of the molecule is I[n+]1ccccc1-c1cnccc1/C=C1/Cc2ccc3oc4cccc5c6ccc[n+]1c6c2c3c45. The van der Waals surface area contributed by atoms with Gasteiger partial charge in [0, 0.05) is 52.8 Å². The van der Waals surface area contributed by atoms with E-state index >= 15 is 0 Å². The first-order valence-corrected chi connectivity index (χ1v) is 12.6. The number of hydrogen-bond acceptors (Lipinski definition) is 2. The number of nitrogens with zero attached hydrogens (tertiary/aromatic N) is 3. The van der Waals surface area contributed by atoms with Gasteiger partial charge in [-0.25, -0.2) is 0 Å². The van der Waals surface area contributed by atoms with Gasteiger partial charge in [0.25, 0.3) is 0 Å². The molecular weight excluding hydrogens is 545 g/mol. The molecule has 0 radical (unpaired) electrons. The lowest BCUT2D eigenvalue weighted by atomic mass is 9.89. The minimum Gasteiger partial charge on any atom is -0.456 e. The molecule has 35 heavy (non-hydrogen) atoms. The van der Waals surface area contributed by atoms with Crippen molar-refractivity contribution >= 4 is 78.3 Å². The van der Waals surface area contributed by atoms with Gasteiger partial charge in [-0.15, -0.1) is 2.78 Å². The van der Waals surface area contributed by atoms with Crippen molar-refractivity contribution in [2.24, 2.45) is 0 Å². The Bertz CT molecular complexity index is 2000. The summed E-state index contributed by atoms with van der Waals surface area (Å²) < 4.78 is 10.8. The molecule has 1 aliphatic rings. The van der Waals surface area contributed by atoms with Crippen molar-refractivity contribution in [2.45, 2.75) is 6.42 Å². The van der Waals surface area contributed by atoms with Gasteiger partial charge in [0.1, 0.15) is 11.2 Å². The van der Waals surface area contributed by atoms with Gasteiger partial charge in [0.05, 0.1) is 22.8 Å². The number of halogens is 1. The topological polar surface area (TPSA) is 33.8 Å². The molecule has 0 N–H and O–H groups in total. The number of rotatable bonds is 2. The molecule has 0 saturated carbocycles. The molecule has 8 rings (SSSR count). The van der Waals surface area contributed by atoms with Gasteiger partial charge in [0.15, 0.2) is 18.1 Å². The molecular formula is C30H18IN3O+2. The number of pyridine rings is 3. The summed E-state index contributed by atoms with van der Waals surface area (Å²) >= 11 is 2.33. The van der Waals surface area contributed by atoms with Crippen LogP contribution in [0, 0.1) is 0 Å². The van der Waals surface area contributed by atoms with E-state index in [0.717, 1.165) is 34.4 Å². The van der Waals surface area contributed by atoms with E-state index in [0.29, 0.717) is 0 Å². The molecule has 0 aliphatic carbocycles. The van der Waals surface area contributed by atoms with Crippen LogP contribution in [0.3, 0.4) is 0 Å². The van der Waals surface area contributed by atoms with E-state index in [1.54, 1.807) is 0 Å². The second-order valence-electron chi connectivity index (χ2n) is 9.07. The summed E-state index contributed by atoms with van der Waals surface area (Å²) in [7, 11) is 0. The van der Waals surface area contributed by atoms with E-state index in [9.17, 15) is 0 Å². The Balaban J connectivity index is 1.46. The average Bonchev–Trinajstić information content (AvgIpc) is 3.28.